The Hall–Kier alpha value is -0.820. The molecule has 4 bridgehead atoms. The van der Waals surface area contributed by atoms with E-state index in [0.717, 1.165) is 36.1 Å². The van der Waals surface area contributed by atoms with E-state index in [1.165, 1.54) is 32.1 Å². The van der Waals surface area contributed by atoms with E-state index in [4.69, 9.17) is 5.73 Å². The van der Waals surface area contributed by atoms with Crippen LogP contribution in [0.2, 0.25) is 0 Å². The van der Waals surface area contributed by atoms with Gasteiger partial charge in [0.2, 0.25) is 0 Å². The first-order valence-corrected chi connectivity index (χ1v) is 8.47. The van der Waals surface area contributed by atoms with Gasteiger partial charge in [0.15, 0.2) is 0 Å². The molecule has 2 N–H and O–H groups in total. The van der Waals surface area contributed by atoms with Gasteiger partial charge < -0.3 is 5.73 Å². The molecular formula is C19H27N. The van der Waals surface area contributed by atoms with Gasteiger partial charge in [0.25, 0.3) is 0 Å². The summed E-state index contributed by atoms with van der Waals surface area (Å²) in [7, 11) is 0. The third-order valence-corrected chi connectivity index (χ3v) is 6.76. The smallest absolute Gasteiger partial charge is 0.00389 e. The number of hydrogen-bond donors (Lipinski definition) is 1. The van der Waals surface area contributed by atoms with E-state index < -0.39 is 0 Å². The molecule has 0 aliphatic heterocycles. The molecule has 0 aromatic heterocycles. The maximum atomic E-state index is 6.00. The van der Waals surface area contributed by atoms with E-state index in [2.05, 4.69) is 37.3 Å². The number of hydrogen-bond acceptors (Lipinski definition) is 1. The highest BCUT2D eigenvalue weighted by molar-refractivity contribution is 5.29. The summed E-state index contributed by atoms with van der Waals surface area (Å²) < 4.78 is 0. The lowest BCUT2D eigenvalue weighted by Gasteiger charge is -2.61. The van der Waals surface area contributed by atoms with Crippen LogP contribution in [-0.2, 0) is 5.41 Å². The zero-order valence-corrected chi connectivity index (χ0v) is 12.6. The Morgan fingerprint density at radius 1 is 1.10 bits per heavy atom. The Morgan fingerprint density at radius 3 is 2.35 bits per heavy atom. The summed E-state index contributed by atoms with van der Waals surface area (Å²) in [5.74, 6) is 4.51. The zero-order valence-electron chi connectivity index (χ0n) is 12.6. The van der Waals surface area contributed by atoms with Crippen molar-refractivity contribution in [1.29, 1.82) is 0 Å². The van der Waals surface area contributed by atoms with Crippen LogP contribution in [-0.4, -0.2) is 6.54 Å². The largest absolute Gasteiger partial charge is 0.330 e. The lowest BCUT2D eigenvalue weighted by Crippen LogP contribution is -2.55. The van der Waals surface area contributed by atoms with Crippen LogP contribution >= 0.6 is 0 Å². The second kappa shape index (κ2) is 4.59. The Kier molecular flexibility index (Phi) is 2.96. The van der Waals surface area contributed by atoms with Crippen LogP contribution in [0.5, 0.6) is 0 Å². The van der Waals surface area contributed by atoms with Crippen LogP contribution < -0.4 is 5.73 Å². The summed E-state index contributed by atoms with van der Waals surface area (Å²) in [6.45, 7) is 3.27. The summed E-state index contributed by atoms with van der Waals surface area (Å²) >= 11 is 0. The van der Waals surface area contributed by atoms with Crippen LogP contribution in [0, 0.1) is 29.6 Å². The highest BCUT2D eigenvalue weighted by Gasteiger charge is 2.56. The second-order valence-electron chi connectivity index (χ2n) is 7.91. The van der Waals surface area contributed by atoms with Crippen molar-refractivity contribution in [3.05, 3.63) is 35.9 Å². The van der Waals surface area contributed by atoms with Crippen molar-refractivity contribution < 1.29 is 0 Å². The maximum Gasteiger partial charge on any atom is -0.00389 e. The molecule has 3 unspecified atom stereocenters. The average Bonchev–Trinajstić information content (AvgIpc) is 2.47. The third kappa shape index (κ3) is 1.79. The molecule has 5 rings (SSSR count). The number of benzene rings is 1. The van der Waals surface area contributed by atoms with Gasteiger partial charge in [-0.2, -0.15) is 0 Å². The third-order valence-electron chi connectivity index (χ3n) is 6.76. The standard InChI is InChI=1S/C19H27N/c1-13(12-20)18-15-7-14-8-16(18)11-19(9-14,10-15)17-5-3-2-4-6-17/h2-6,13-16,18H,7-12,20H2,1H3. The van der Waals surface area contributed by atoms with Crippen molar-refractivity contribution in [1.82, 2.24) is 0 Å². The Bertz CT molecular complexity index is 464. The molecule has 0 spiro atoms. The van der Waals surface area contributed by atoms with E-state index in [9.17, 15) is 0 Å². The molecule has 1 aromatic carbocycles. The molecule has 0 heterocycles. The van der Waals surface area contributed by atoms with Gasteiger partial charge in [-0.3, -0.25) is 0 Å². The molecule has 0 amide bonds. The fourth-order valence-corrected chi connectivity index (χ4v) is 6.30. The predicted octanol–water partition coefficient (Wildman–Crippen LogP) is 3.98. The summed E-state index contributed by atoms with van der Waals surface area (Å²) in [5, 5.41) is 0. The van der Waals surface area contributed by atoms with Gasteiger partial charge >= 0.3 is 0 Å². The van der Waals surface area contributed by atoms with Crippen LogP contribution in [0.15, 0.2) is 30.3 Å². The molecule has 4 aliphatic carbocycles. The zero-order chi connectivity index (χ0) is 13.7. The van der Waals surface area contributed by atoms with Crippen molar-refractivity contribution in [3.63, 3.8) is 0 Å². The minimum Gasteiger partial charge on any atom is -0.330 e. The molecule has 0 radical (unpaired) electrons. The predicted molar refractivity (Wildman–Crippen MR) is 83.4 cm³/mol. The molecule has 108 valence electrons. The average molecular weight is 269 g/mol. The van der Waals surface area contributed by atoms with Crippen molar-refractivity contribution in [2.75, 3.05) is 6.54 Å². The van der Waals surface area contributed by atoms with Gasteiger partial charge in [0.05, 0.1) is 0 Å². The lowest BCUT2D eigenvalue weighted by atomic mass is 9.43. The lowest BCUT2D eigenvalue weighted by molar-refractivity contribution is -0.0744. The molecular weight excluding hydrogens is 242 g/mol. The van der Waals surface area contributed by atoms with E-state index >= 15 is 0 Å². The summed E-state index contributed by atoms with van der Waals surface area (Å²) in [4.78, 5) is 0. The van der Waals surface area contributed by atoms with E-state index in [-0.39, 0.29) is 0 Å². The minimum absolute atomic E-state index is 0.516. The van der Waals surface area contributed by atoms with Gasteiger partial charge in [0.1, 0.15) is 0 Å². The highest BCUT2D eigenvalue weighted by Crippen LogP contribution is 2.63. The molecule has 1 nitrogen and oxygen atoms in total. The number of nitrogens with two attached hydrogens (primary N) is 1. The van der Waals surface area contributed by atoms with Gasteiger partial charge in [-0.05, 0) is 79.2 Å². The summed E-state index contributed by atoms with van der Waals surface area (Å²) in [6, 6.07) is 11.4. The fraction of sp³-hybridized carbons (Fsp3) is 0.684. The first-order chi connectivity index (χ1) is 9.72. The molecule has 3 atom stereocenters. The topological polar surface area (TPSA) is 26.0 Å². The second-order valence-corrected chi connectivity index (χ2v) is 7.91. The van der Waals surface area contributed by atoms with Crippen molar-refractivity contribution >= 4 is 0 Å². The van der Waals surface area contributed by atoms with Crippen LogP contribution in [0.4, 0.5) is 0 Å². The fourth-order valence-electron chi connectivity index (χ4n) is 6.30. The normalized spacial score (nSPS) is 43.7. The summed E-state index contributed by atoms with van der Waals surface area (Å²) in [6.07, 6.45) is 7.28. The monoisotopic (exact) mass is 269 g/mol. The minimum atomic E-state index is 0.516. The molecule has 0 saturated heterocycles. The molecule has 20 heavy (non-hydrogen) atoms. The van der Waals surface area contributed by atoms with Gasteiger partial charge in [-0.15, -0.1) is 0 Å². The molecule has 4 aliphatic rings. The molecule has 1 aromatic rings. The Morgan fingerprint density at radius 2 is 1.75 bits per heavy atom. The van der Waals surface area contributed by atoms with Crippen LogP contribution in [0.25, 0.3) is 0 Å². The van der Waals surface area contributed by atoms with Crippen LogP contribution in [0.1, 0.15) is 44.6 Å². The van der Waals surface area contributed by atoms with Gasteiger partial charge in [-0.25, -0.2) is 0 Å². The van der Waals surface area contributed by atoms with Crippen molar-refractivity contribution in [2.24, 2.45) is 35.3 Å². The summed E-state index contributed by atoms with van der Waals surface area (Å²) in [5.41, 5.74) is 8.14. The van der Waals surface area contributed by atoms with Crippen molar-refractivity contribution in [2.45, 2.75) is 44.4 Å². The highest BCUT2D eigenvalue weighted by atomic mass is 14.6. The van der Waals surface area contributed by atoms with E-state index in [1.54, 1.807) is 5.56 Å². The quantitative estimate of drug-likeness (QED) is 0.882. The van der Waals surface area contributed by atoms with Crippen LogP contribution in [0.3, 0.4) is 0 Å². The first-order valence-electron chi connectivity index (χ1n) is 8.47. The van der Waals surface area contributed by atoms with E-state index in [1.807, 2.05) is 0 Å². The van der Waals surface area contributed by atoms with Gasteiger partial charge in [-0.1, -0.05) is 37.3 Å². The Balaban J connectivity index is 1.68. The van der Waals surface area contributed by atoms with Gasteiger partial charge in [0, 0.05) is 0 Å². The van der Waals surface area contributed by atoms with Crippen molar-refractivity contribution in [3.8, 4) is 0 Å². The molecule has 4 fully saturated rings. The SMILES string of the molecule is CC(CN)C1C2CC3CC1CC(c1ccccc1)(C3)C2. The molecule has 1 heteroatoms. The number of rotatable bonds is 3. The van der Waals surface area contributed by atoms with E-state index in [0.29, 0.717) is 5.41 Å². The maximum absolute atomic E-state index is 6.00. The molecule has 4 saturated carbocycles. The first kappa shape index (κ1) is 12.9. The Labute approximate surface area is 122 Å².